The van der Waals surface area contributed by atoms with Crippen LogP contribution < -0.4 is 0 Å². The predicted molar refractivity (Wildman–Crippen MR) is 260 cm³/mol. The summed E-state index contributed by atoms with van der Waals surface area (Å²) in [6.45, 7) is 2.17. The maximum Gasteiger partial charge on any atom is 0.0774 e. The van der Waals surface area contributed by atoms with Gasteiger partial charge in [-0.2, -0.15) is 0 Å². The first-order valence-electron chi connectivity index (χ1n) is 21.1. The zero-order chi connectivity index (χ0) is 42.1. The second kappa shape index (κ2) is 17.6. The number of nitrogens with zero attached hydrogens (tertiary/aromatic N) is 3. The van der Waals surface area contributed by atoms with Gasteiger partial charge in [-0.1, -0.05) is 163 Å². The minimum atomic E-state index is 0. The van der Waals surface area contributed by atoms with Crippen LogP contribution in [0.25, 0.3) is 105 Å². The summed E-state index contributed by atoms with van der Waals surface area (Å²) in [4.78, 5) is 9.54. The summed E-state index contributed by atoms with van der Waals surface area (Å²) >= 11 is 0. The average molecular weight is 998 g/mol. The zero-order valence-corrected chi connectivity index (χ0v) is 37.3. The van der Waals surface area contributed by atoms with Crippen molar-refractivity contribution < 1.29 is 24.5 Å². The minimum absolute atomic E-state index is 0. The average Bonchev–Trinajstić information content (AvgIpc) is 3.96. The number of pyridine rings is 1. The molecule has 0 aliphatic rings. The first-order chi connectivity index (χ1) is 31.2. The number of benzene rings is 9. The van der Waals surface area contributed by atoms with E-state index in [0.717, 1.165) is 83.7 Å². The Balaban J connectivity index is 0.000000323. The monoisotopic (exact) mass is 998 g/mol. The van der Waals surface area contributed by atoms with Gasteiger partial charge in [-0.05, 0) is 98.4 Å². The molecule has 1 radical (unpaired) electrons. The van der Waals surface area contributed by atoms with Crippen LogP contribution in [-0.2, 0) is 20.1 Å². The molecular formula is C59H39IrN3O-2. The van der Waals surface area contributed by atoms with E-state index >= 15 is 0 Å². The van der Waals surface area contributed by atoms with Crippen molar-refractivity contribution in [3.63, 3.8) is 0 Å². The van der Waals surface area contributed by atoms with Gasteiger partial charge in [-0.25, -0.2) is 0 Å². The predicted octanol–water partition coefficient (Wildman–Crippen LogP) is 15.4. The summed E-state index contributed by atoms with van der Waals surface area (Å²) in [7, 11) is 0. The second-order valence-corrected chi connectivity index (χ2v) is 15.7. The Morgan fingerprint density at radius 1 is 0.516 bits per heavy atom. The number of fused-ring (bicyclic) bond motifs is 5. The van der Waals surface area contributed by atoms with Crippen LogP contribution in [0.5, 0.6) is 0 Å². The Labute approximate surface area is 385 Å². The van der Waals surface area contributed by atoms with Gasteiger partial charge in [0.05, 0.1) is 22.5 Å². The molecule has 4 nitrogen and oxygen atoms in total. The van der Waals surface area contributed by atoms with Crippen LogP contribution >= 0.6 is 0 Å². The summed E-state index contributed by atoms with van der Waals surface area (Å²) in [5.41, 5.74) is 14.6. The fourth-order valence-corrected chi connectivity index (χ4v) is 8.69. The second-order valence-electron chi connectivity index (χ2n) is 15.7. The molecule has 0 N–H and O–H groups in total. The van der Waals surface area contributed by atoms with Crippen LogP contribution in [0.3, 0.4) is 0 Å². The van der Waals surface area contributed by atoms with Gasteiger partial charge in [0.2, 0.25) is 0 Å². The normalized spacial score (nSPS) is 11.1. The largest absolute Gasteiger partial charge is 0.557 e. The Morgan fingerprint density at radius 2 is 1.14 bits per heavy atom. The summed E-state index contributed by atoms with van der Waals surface area (Å²) in [5.74, 6) is 0.787. The van der Waals surface area contributed by atoms with Gasteiger partial charge in [0.15, 0.2) is 0 Å². The van der Waals surface area contributed by atoms with Crippen molar-refractivity contribution in [1.82, 2.24) is 14.5 Å². The van der Waals surface area contributed by atoms with E-state index in [1.54, 1.807) is 6.20 Å². The summed E-state index contributed by atoms with van der Waals surface area (Å²) in [5, 5.41) is 5.94. The summed E-state index contributed by atoms with van der Waals surface area (Å²) < 4.78 is 8.49. The van der Waals surface area contributed by atoms with Crippen LogP contribution in [0.1, 0.15) is 5.56 Å². The van der Waals surface area contributed by atoms with Crippen molar-refractivity contribution in [1.29, 1.82) is 0 Å². The SMILES string of the molecule is Cc1cc(-c2ccccc2)c(-n2c(-c3[c-]oc4ccc(-c5ccc6ccc7ccccc7c6c5)cc34)nc3ccccc32)c(-c2ccccc2)c1.[Ir].[c-]1ccccc1-c1ccccn1. The number of rotatable bonds is 6. The molecule has 0 bridgehead atoms. The molecule has 0 aliphatic heterocycles. The van der Waals surface area contributed by atoms with Crippen LogP contribution in [0.2, 0.25) is 0 Å². The van der Waals surface area contributed by atoms with Gasteiger partial charge >= 0.3 is 0 Å². The van der Waals surface area contributed by atoms with E-state index in [9.17, 15) is 0 Å². The molecule has 307 valence electrons. The van der Waals surface area contributed by atoms with E-state index in [0.29, 0.717) is 0 Å². The van der Waals surface area contributed by atoms with E-state index in [4.69, 9.17) is 9.40 Å². The zero-order valence-electron chi connectivity index (χ0n) is 34.9. The van der Waals surface area contributed by atoms with Crippen molar-refractivity contribution >= 4 is 43.5 Å². The van der Waals surface area contributed by atoms with Gasteiger partial charge in [-0.15, -0.1) is 35.9 Å². The number of imidazole rings is 1. The maximum absolute atomic E-state index is 6.18. The van der Waals surface area contributed by atoms with Gasteiger partial charge in [-0.3, -0.25) is 4.98 Å². The molecule has 3 heterocycles. The Kier molecular flexibility index (Phi) is 11.1. The Morgan fingerprint density at radius 3 is 1.86 bits per heavy atom. The minimum Gasteiger partial charge on any atom is -0.557 e. The van der Waals surface area contributed by atoms with Crippen LogP contribution in [0.4, 0.5) is 0 Å². The third-order valence-electron chi connectivity index (χ3n) is 11.7. The first-order valence-corrected chi connectivity index (χ1v) is 21.1. The molecule has 9 aromatic carbocycles. The Hall–Kier alpha value is -7.69. The quantitative estimate of drug-likeness (QED) is 0.123. The van der Waals surface area contributed by atoms with Gasteiger partial charge in [0.1, 0.15) is 0 Å². The molecule has 0 saturated carbocycles. The standard InChI is InChI=1S/C48H31N2O.C11H8N.Ir/c1-31-26-40(32-12-4-2-5-13-32)47(41(27-31)33-14-6-3-7-15-33)50-45-19-11-10-18-44(45)49-48(50)43-30-51-46-25-24-37(29-42(43)46)36-23-22-35-21-20-34-16-8-9-17-38(34)39(35)28-36;1-2-6-10(7-3-1)11-8-4-5-9-12-11;/h2-29H,1H3;1-6,8-9H;/q2*-1;. The number of hydrogen-bond acceptors (Lipinski definition) is 3. The smallest absolute Gasteiger partial charge is 0.0774 e. The molecule has 12 rings (SSSR count). The molecule has 0 fully saturated rings. The van der Waals surface area contributed by atoms with E-state index in [1.807, 2.05) is 48.5 Å². The molecule has 0 saturated heterocycles. The Bertz CT molecular complexity index is 3470. The molecule has 0 atom stereocenters. The van der Waals surface area contributed by atoms with Crippen molar-refractivity contribution in [2.75, 3.05) is 0 Å². The number of hydrogen-bond donors (Lipinski definition) is 0. The van der Waals surface area contributed by atoms with Crippen LogP contribution in [0, 0.1) is 19.3 Å². The first kappa shape index (κ1) is 40.4. The molecule has 0 amide bonds. The number of aryl methyl sites for hydroxylation is 1. The fourth-order valence-electron chi connectivity index (χ4n) is 8.69. The maximum atomic E-state index is 6.18. The topological polar surface area (TPSA) is 43.9 Å². The molecule has 12 aromatic rings. The van der Waals surface area contributed by atoms with E-state index in [-0.39, 0.29) is 20.1 Å². The number of para-hydroxylation sites is 2. The molecule has 5 heteroatoms. The van der Waals surface area contributed by atoms with Crippen LogP contribution in [-0.4, -0.2) is 14.5 Å². The summed E-state index contributed by atoms with van der Waals surface area (Å²) in [6.07, 6.45) is 5.09. The molecule has 64 heavy (non-hydrogen) atoms. The number of furan rings is 1. The third kappa shape index (κ3) is 7.62. The molecule has 0 spiro atoms. The fraction of sp³-hybridized carbons (Fsp3) is 0.0169. The van der Waals surface area contributed by atoms with Crippen LogP contribution in [0.15, 0.2) is 223 Å². The number of aromatic nitrogens is 3. The molecule has 0 unspecified atom stereocenters. The third-order valence-corrected chi connectivity index (χ3v) is 11.7. The molecular weight excluding hydrogens is 959 g/mol. The molecule has 0 aliphatic carbocycles. The summed E-state index contributed by atoms with van der Waals surface area (Å²) in [6, 6.07) is 77.2. The van der Waals surface area contributed by atoms with Crippen molar-refractivity contribution in [2.24, 2.45) is 0 Å². The van der Waals surface area contributed by atoms with E-state index in [1.165, 1.54) is 27.1 Å². The van der Waals surface area contributed by atoms with E-state index in [2.05, 4.69) is 193 Å². The van der Waals surface area contributed by atoms with E-state index < -0.39 is 0 Å². The molecule has 3 aromatic heterocycles. The van der Waals surface area contributed by atoms with Crippen molar-refractivity contribution in [3.05, 3.63) is 236 Å². The van der Waals surface area contributed by atoms with Gasteiger partial charge in [0.25, 0.3) is 0 Å². The van der Waals surface area contributed by atoms with Gasteiger partial charge in [0, 0.05) is 49.3 Å². The van der Waals surface area contributed by atoms with Gasteiger partial charge < -0.3 is 14.0 Å². The van der Waals surface area contributed by atoms with Crippen molar-refractivity contribution in [3.8, 4) is 61.7 Å². The van der Waals surface area contributed by atoms with Crippen molar-refractivity contribution in [2.45, 2.75) is 6.92 Å².